The highest BCUT2D eigenvalue weighted by molar-refractivity contribution is 7.99. The number of aromatic nitrogens is 1. The number of pyridine rings is 1. The van der Waals surface area contributed by atoms with Crippen LogP contribution in [0.2, 0.25) is 0 Å². The van der Waals surface area contributed by atoms with E-state index in [0.717, 1.165) is 31.7 Å². The summed E-state index contributed by atoms with van der Waals surface area (Å²) < 4.78 is 0. The lowest BCUT2D eigenvalue weighted by Crippen LogP contribution is -2.32. The maximum Gasteiger partial charge on any atom is 0.129 e. The van der Waals surface area contributed by atoms with Gasteiger partial charge in [0.05, 0.1) is 0 Å². The van der Waals surface area contributed by atoms with Crippen molar-refractivity contribution in [1.29, 1.82) is 0 Å². The van der Waals surface area contributed by atoms with E-state index in [9.17, 15) is 0 Å². The largest absolute Gasteiger partial charge is 0.356 e. The highest BCUT2D eigenvalue weighted by atomic mass is 32.2. The fraction of sp³-hybridized carbons (Fsp3) is 0.688. The molecule has 1 aromatic heterocycles. The summed E-state index contributed by atoms with van der Waals surface area (Å²) in [7, 11) is 2.20. The Bertz CT molecular complexity index is 416. The number of anilines is 1. The van der Waals surface area contributed by atoms with E-state index in [4.69, 9.17) is 4.98 Å². The number of rotatable bonds is 7. The van der Waals surface area contributed by atoms with E-state index in [-0.39, 0.29) is 0 Å². The number of thioether (sulfide) groups is 1. The lowest BCUT2D eigenvalue weighted by molar-refractivity contribution is 0.683. The molecule has 1 unspecified atom stereocenters. The molecular weight excluding hydrogens is 266 g/mol. The second-order valence-electron chi connectivity index (χ2n) is 5.48. The molecule has 0 saturated carbocycles. The standard InChI is InChI=1S/C16H27N3S/c1-4-6-14-9-13(11-17-5-2)10-16(18-14)19(3)15-7-8-20-12-15/h9-10,15,17H,4-8,11-12H2,1-3H3. The van der Waals surface area contributed by atoms with Crippen LogP contribution in [0.3, 0.4) is 0 Å². The van der Waals surface area contributed by atoms with Gasteiger partial charge in [-0.25, -0.2) is 4.98 Å². The highest BCUT2D eigenvalue weighted by Crippen LogP contribution is 2.25. The molecule has 1 aliphatic rings. The van der Waals surface area contributed by atoms with Crippen molar-refractivity contribution in [2.75, 3.05) is 30.0 Å². The molecule has 20 heavy (non-hydrogen) atoms. The van der Waals surface area contributed by atoms with Gasteiger partial charge in [0.1, 0.15) is 5.82 Å². The number of hydrogen-bond donors (Lipinski definition) is 1. The normalized spacial score (nSPS) is 18.4. The monoisotopic (exact) mass is 293 g/mol. The van der Waals surface area contributed by atoms with Crippen molar-refractivity contribution < 1.29 is 0 Å². The number of hydrogen-bond acceptors (Lipinski definition) is 4. The summed E-state index contributed by atoms with van der Waals surface area (Å²) in [6, 6.07) is 5.16. The molecule has 0 aliphatic carbocycles. The summed E-state index contributed by atoms with van der Waals surface area (Å²) in [5, 5.41) is 3.42. The fourth-order valence-electron chi connectivity index (χ4n) is 2.58. The van der Waals surface area contributed by atoms with Gasteiger partial charge in [-0.15, -0.1) is 0 Å². The summed E-state index contributed by atoms with van der Waals surface area (Å²) in [5.74, 6) is 3.67. The van der Waals surface area contributed by atoms with Gasteiger partial charge in [-0.2, -0.15) is 11.8 Å². The first kappa shape index (κ1) is 15.6. The molecule has 1 saturated heterocycles. The van der Waals surface area contributed by atoms with Gasteiger partial charge in [-0.05, 0) is 42.8 Å². The minimum atomic E-state index is 0.649. The van der Waals surface area contributed by atoms with E-state index in [1.54, 1.807) is 0 Å². The van der Waals surface area contributed by atoms with Gasteiger partial charge in [-0.1, -0.05) is 20.3 Å². The first-order valence-electron chi connectivity index (χ1n) is 7.75. The molecule has 0 bridgehead atoms. The molecule has 0 amide bonds. The molecule has 1 aliphatic heterocycles. The molecular formula is C16H27N3S. The van der Waals surface area contributed by atoms with Crippen molar-refractivity contribution in [3.8, 4) is 0 Å². The number of nitrogens with zero attached hydrogens (tertiary/aromatic N) is 2. The molecule has 1 fully saturated rings. The molecule has 0 spiro atoms. The van der Waals surface area contributed by atoms with Crippen LogP contribution in [0, 0.1) is 0 Å². The van der Waals surface area contributed by atoms with Crippen LogP contribution in [0.5, 0.6) is 0 Å². The Labute approximate surface area is 127 Å². The second kappa shape index (κ2) is 7.89. The van der Waals surface area contributed by atoms with E-state index in [1.165, 1.54) is 29.2 Å². The summed E-state index contributed by atoms with van der Waals surface area (Å²) in [5.41, 5.74) is 2.59. The quantitative estimate of drug-likeness (QED) is 0.836. The van der Waals surface area contributed by atoms with Crippen molar-refractivity contribution in [3.05, 3.63) is 23.4 Å². The third kappa shape index (κ3) is 4.13. The zero-order chi connectivity index (χ0) is 14.4. The van der Waals surface area contributed by atoms with Gasteiger partial charge in [0.25, 0.3) is 0 Å². The van der Waals surface area contributed by atoms with E-state index in [0.29, 0.717) is 6.04 Å². The first-order valence-corrected chi connectivity index (χ1v) is 8.91. The van der Waals surface area contributed by atoms with E-state index < -0.39 is 0 Å². The lowest BCUT2D eigenvalue weighted by Gasteiger charge is -2.26. The Hall–Kier alpha value is -0.740. The van der Waals surface area contributed by atoms with Crippen LogP contribution in [-0.2, 0) is 13.0 Å². The molecule has 0 radical (unpaired) electrons. The lowest BCUT2D eigenvalue weighted by atomic mass is 10.1. The molecule has 1 atom stereocenters. The third-order valence-corrected chi connectivity index (χ3v) is 4.97. The van der Waals surface area contributed by atoms with Gasteiger partial charge in [0.2, 0.25) is 0 Å². The minimum absolute atomic E-state index is 0.649. The Morgan fingerprint density at radius 1 is 1.40 bits per heavy atom. The Kier molecular flexibility index (Phi) is 6.17. The van der Waals surface area contributed by atoms with Crippen molar-refractivity contribution in [2.24, 2.45) is 0 Å². The average Bonchev–Trinajstić information content (AvgIpc) is 2.98. The zero-order valence-corrected chi connectivity index (χ0v) is 13.8. The predicted octanol–water partition coefficient (Wildman–Crippen LogP) is 3.09. The summed E-state index contributed by atoms with van der Waals surface area (Å²) in [6.07, 6.45) is 3.50. The third-order valence-electron chi connectivity index (χ3n) is 3.82. The van der Waals surface area contributed by atoms with Crippen molar-refractivity contribution >= 4 is 17.6 Å². The summed E-state index contributed by atoms with van der Waals surface area (Å²) >= 11 is 2.06. The van der Waals surface area contributed by atoms with Crippen LogP contribution < -0.4 is 10.2 Å². The summed E-state index contributed by atoms with van der Waals surface area (Å²) in [4.78, 5) is 7.25. The molecule has 4 heteroatoms. The van der Waals surface area contributed by atoms with E-state index >= 15 is 0 Å². The van der Waals surface area contributed by atoms with Crippen LogP contribution in [0.25, 0.3) is 0 Å². The molecule has 1 aromatic rings. The molecule has 0 aromatic carbocycles. The average molecular weight is 293 g/mol. The van der Waals surface area contributed by atoms with Crippen LogP contribution >= 0.6 is 11.8 Å². The SMILES string of the molecule is CCCc1cc(CNCC)cc(N(C)C2CCSC2)n1. The van der Waals surface area contributed by atoms with Crippen LogP contribution in [0.4, 0.5) is 5.82 Å². The van der Waals surface area contributed by atoms with E-state index in [2.05, 4.69) is 55.0 Å². The van der Waals surface area contributed by atoms with Crippen LogP contribution in [-0.4, -0.2) is 36.1 Å². The van der Waals surface area contributed by atoms with Gasteiger partial charge in [0, 0.05) is 31.1 Å². The number of nitrogens with one attached hydrogen (secondary N) is 1. The smallest absolute Gasteiger partial charge is 0.129 e. The molecule has 2 rings (SSSR count). The van der Waals surface area contributed by atoms with Gasteiger partial charge < -0.3 is 10.2 Å². The van der Waals surface area contributed by atoms with Crippen LogP contribution in [0.1, 0.15) is 37.9 Å². The minimum Gasteiger partial charge on any atom is -0.356 e. The van der Waals surface area contributed by atoms with Gasteiger partial charge in [0.15, 0.2) is 0 Å². The Balaban J connectivity index is 2.18. The maximum atomic E-state index is 4.86. The van der Waals surface area contributed by atoms with Crippen LogP contribution in [0.15, 0.2) is 12.1 Å². The maximum absolute atomic E-state index is 4.86. The summed E-state index contributed by atoms with van der Waals surface area (Å²) in [6.45, 7) is 6.32. The van der Waals surface area contributed by atoms with Gasteiger partial charge >= 0.3 is 0 Å². The van der Waals surface area contributed by atoms with Gasteiger partial charge in [-0.3, -0.25) is 0 Å². The first-order chi connectivity index (χ1) is 9.74. The molecule has 112 valence electrons. The Morgan fingerprint density at radius 3 is 2.90 bits per heavy atom. The van der Waals surface area contributed by atoms with Crippen molar-refractivity contribution in [2.45, 2.75) is 45.7 Å². The number of aryl methyl sites for hydroxylation is 1. The van der Waals surface area contributed by atoms with Crippen molar-refractivity contribution in [3.63, 3.8) is 0 Å². The Morgan fingerprint density at radius 2 is 2.25 bits per heavy atom. The zero-order valence-electron chi connectivity index (χ0n) is 13.0. The van der Waals surface area contributed by atoms with E-state index in [1.807, 2.05) is 0 Å². The molecule has 3 nitrogen and oxygen atoms in total. The second-order valence-corrected chi connectivity index (χ2v) is 6.63. The molecule has 2 heterocycles. The molecule has 1 N–H and O–H groups in total. The fourth-order valence-corrected chi connectivity index (χ4v) is 3.85. The predicted molar refractivity (Wildman–Crippen MR) is 89.7 cm³/mol. The topological polar surface area (TPSA) is 28.2 Å². The highest BCUT2D eigenvalue weighted by Gasteiger charge is 2.21. The van der Waals surface area contributed by atoms with Crippen molar-refractivity contribution in [1.82, 2.24) is 10.3 Å².